The fourth-order valence-corrected chi connectivity index (χ4v) is 5.11. The largest absolute Gasteiger partial charge is 0.488 e. The number of rotatable bonds is 6. The van der Waals surface area contributed by atoms with Crippen LogP contribution >= 0.6 is 46.3 Å². The maximum atomic E-state index is 10.5. The molecule has 3 atom stereocenters. The standard InChI is InChI=1S/CH7O9P3.CH6O6P2.CH5O3P/c1-11(2,3)9-13(7,8)10-12(4,5)6;1-8(2,3)7-9(4,5)6;1-5(2,3)4/h1H3,(H,2,3)(H,7,8)(H2,4,5,6);1H3,(H,2,3)(H2,4,5,6);1H3,(H2,2,3,4). The molecule has 0 aliphatic rings. The monoisotopic (exact) mass is 528 g/mol. The van der Waals surface area contributed by atoms with Crippen molar-refractivity contribution in [1.29, 1.82) is 0 Å². The third-order valence-corrected chi connectivity index (χ3v) is 6.50. The lowest BCUT2D eigenvalue weighted by Gasteiger charge is -2.13. The van der Waals surface area contributed by atoms with E-state index in [4.69, 9.17) is 44.0 Å². The van der Waals surface area contributed by atoms with Crippen molar-refractivity contribution in [3.8, 4) is 0 Å². The van der Waals surface area contributed by atoms with E-state index in [1.807, 2.05) is 0 Å². The first-order valence-corrected chi connectivity index (χ1v) is 16.0. The van der Waals surface area contributed by atoms with Crippen LogP contribution in [0, 0.1) is 0 Å². The van der Waals surface area contributed by atoms with Crippen molar-refractivity contribution >= 4 is 46.3 Å². The van der Waals surface area contributed by atoms with Crippen molar-refractivity contribution < 1.29 is 84.4 Å². The summed E-state index contributed by atoms with van der Waals surface area (Å²) < 4.78 is 70.3. The van der Waals surface area contributed by atoms with Crippen molar-refractivity contribution in [2.24, 2.45) is 0 Å². The van der Waals surface area contributed by atoms with Crippen molar-refractivity contribution in [3.05, 3.63) is 0 Å². The van der Waals surface area contributed by atoms with Gasteiger partial charge in [0.25, 0.3) is 0 Å². The molecule has 0 aromatic rings. The van der Waals surface area contributed by atoms with Crippen LogP contribution in [0.15, 0.2) is 0 Å². The van der Waals surface area contributed by atoms with Gasteiger partial charge in [0, 0.05) is 20.0 Å². The highest BCUT2D eigenvalue weighted by atomic mass is 31.3. The summed E-state index contributed by atoms with van der Waals surface area (Å²) in [6.07, 6.45) is 0. The van der Waals surface area contributed by atoms with E-state index >= 15 is 0 Å². The highest BCUT2D eigenvalue weighted by Crippen LogP contribution is 2.64. The molecule has 18 nitrogen and oxygen atoms in total. The summed E-state index contributed by atoms with van der Waals surface area (Å²) in [6, 6.07) is 0. The van der Waals surface area contributed by atoms with Crippen LogP contribution in [0.25, 0.3) is 0 Å². The molecule has 0 heterocycles. The molecule has 0 saturated carbocycles. The lowest BCUT2D eigenvalue weighted by molar-refractivity contribution is 0.223. The third-order valence-electron chi connectivity index (χ3n) is 0.722. The quantitative estimate of drug-likeness (QED) is 0.200. The molecule has 0 aromatic carbocycles. The van der Waals surface area contributed by atoms with Gasteiger partial charge in [-0.3, -0.25) is 13.7 Å². The van der Waals surface area contributed by atoms with Gasteiger partial charge in [0.1, 0.15) is 0 Å². The van der Waals surface area contributed by atoms with E-state index in [2.05, 4.69) is 12.9 Å². The van der Waals surface area contributed by atoms with Crippen molar-refractivity contribution in [2.75, 3.05) is 20.0 Å². The molecule has 3 unspecified atom stereocenters. The fourth-order valence-electron chi connectivity index (χ4n) is 0.538. The zero-order valence-corrected chi connectivity index (χ0v) is 18.7. The summed E-state index contributed by atoms with van der Waals surface area (Å²) in [7, 11) is -27.3. The van der Waals surface area contributed by atoms with Crippen LogP contribution in [0.2, 0.25) is 0 Å². The Bertz CT molecular complexity index is 664. The van der Waals surface area contributed by atoms with Gasteiger partial charge in [-0.15, -0.1) is 0 Å². The van der Waals surface area contributed by atoms with Gasteiger partial charge in [-0.2, -0.15) is 4.31 Å². The minimum Gasteiger partial charge on any atom is -0.325 e. The van der Waals surface area contributed by atoms with E-state index < -0.39 is 46.3 Å². The second kappa shape index (κ2) is 11.3. The zero-order chi connectivity index (χ0) is 23.1. The van der Waals surface area contributed by atoms with Crippen LogP contribution in [-0.4, -0.2) is 64.0 Å². The molecule has 0 aromatic heterocycles. The molecular weight excluding hydrogens is 510 g/mol. The van der Waals surface area contributed by atoms with Crippen molar-refractivity contribution in [1.82, 2.24) is 0 Å². The van der Waals surface area contributed by atoms with Gasteiger partial charge in [-0.1, -0.05) is 0 Å². The molecule has 0 fully saturated rings. The summed E-state index contributed by atoms with van der Waals surface area (Å²) in [5.74, 6) is 0. The van der Waals surface area contributed by atoms with E-state index in [0.29, 0.717) is 13.3 Å². The van der Waals surface area contributed by atoms with Gasteiger partial charge in [0.2, 0.25) is 0 Å². The lowest BCUT2D eigenvalue weighted by Crippen LogP contribution is -1.91. The molecule has 168 valence electrons. The van der Waals surface area contributed by atoms with E-state index in [0.717, 1.165) is 6.66 Å². The molecule has 9 N–H and O–H groups in total. The molecule has 0 bridgehead atoms. The van der Waals surface area contributed by atoms with Gasteiger partial charge in [-0.05, 0) is 0 Å². The molecule has 0 saturated heterocycles. The maximum absolute atomic E-state index is 10.5. The summed E-state index contributed by atoms with van der Waals surface area (Å²) in [4.78, 5) is 72.3. The lowest BCUT2D eigenvalue weighted by atomic mass is 12.0. The first-order chi connectivity index (χ1) is 11.1. The topological polar surface area (TPSA) is 312 Å². The van der Waals surface area contributed by atoms with Crippen LogP contribution in [-0.2, 0) is 40.3 Å². The molecular formula is C3H18O18P6. The van der Waals surface area contributed by atoms with Crippen molar-refractivity contribution in [3.63, 3.8) is 0 Å². The normalized spacial score (nSPS) is 19.1. The Hall–Kier alpha value is 0.900. The van der Waals surface area contributed by atoms with Gasteiger partial charge >= 0.3 is 46.3 Å². The average Bonchev–Trinajstić information content (AvgIpc) is 1.96. The summed E-state index contributed by atoms with van der Waals surface area (Å²) >= 11 is 0. The van der Waals surface area contributed by atoms with E-state index in [-0.39, 0.29) is 0 Å². The highest BCUT2D eigenvalue weighted by molar-refractivity contribution is 7.67. The Morgan fingerprint density at radius 1 is 0.481 bits per heavy atom. The first-order valence-electron chi connectivity index (χ1n) is 5.33. The molecule has 0 aliphatic carbocycles. The van der Waals surface area contributed by atoms with E-state index in [1.54, 1.807) is 0 Å². The fraction of sp³-hybridized carbons (Fsp3) is 1.00. The van der Waals surface area contributed by atoms with Crippen LogP contribution in [0.3, 0.4) is 0 Å². The second-order valence-electron chi connectivity index (χ2n) is 4.14. The van der Waals surface area contributed by atoms with Crippen molar-refractivity contribution in [2.45, 2.75) is 0 Å². The molecule has 24 heteroatoms. The molecule has 0 spiro atoms. The summed E-state index contributed by atoms with van der Waals surface area (Å²) in [5, 5.41) is 0. The predicted molar refractivity (Wildman–Crippen MR) is 86.6 cm³/mol. The van der Waals surface area contributed by atoms with E-state index in [1.165, 1.54) is 0 Å². The minimum atomic E-state index is -5.24. The molecule has 0 rings (SSSR count). The average molecular weight is 528 g/mol. The number of hydrogen-bond donors (Lipinski definition) is 9. The van der Waals surface area contributed by atoms with E-state index in [9.17, 15) is 27.4 Å². The van der Waals surface area contributed by atoms with Crippen LogP contribution in [0.5, 0.6) is 0 Å². The Kier molecular flexibility index (Phi) is 13.7. The van der Waals surface area contributed by atoms with Gasteiger partial charge < -0.3 is 44.0 Å². The van der Waals surface area contributed by atoms with Crippen LogP contribution < -0.4 is 0 Å². The first kappa shape index (κ1) is 32.6. The number of hydrogen-bond acceptors (Lipinski definition) is 9. The Balaban J connectivity index is -0.000000356. The molecule has 0 radical (unpaired) electrons. The number of phosphoric acid groups is 3. The molecule has 0 amide bonds. The smallest absolute Gasteiger partial charge is 0.325 e. The SMILES string of the molecule is CP(=O)(O)O.CP(=O)(O)OP(=O)(O)O.CP(=O)(O)OP(=O)(O)OP(=O)(O)O. The van der Waals surface area contributed by atoms with Gasteiger partial charge in [0.15, 0.2) is 0 Å². The molecule has 27 heavy (non-hydrogen) atoms. The molecule has 0 aliphatic heterocycles. The Morgan fingerprint density at radius 3 is 0.815 bits per heavy atom. The van der Waals surface area contributed by atoms with Gasteiger partial charge in [-0.25, -0.2) is 22.3 Å². The summed E-state index contributed by atoms with van der Waals surface area (Å²) in [5.41, 5.74) is 0. The third kappa shape index (κ3) is 46.7. The highest BCUT2D eigenvalue weighted by Gasteiger charge is 2.37. The predicted octanol–water partition coefficient (Wildman–Crippen LogP) is -0.267. The Morgan fingerprint density at radius 2 is 0.704 bits per heavy atom. The minimum absolute atomic E-state index is 0.554. The second-order valence-corrected chi connectivity index (χ2v) is 13.9. The zero-order valence-electron chi connectivity index (χ0n) is 13.4. The van der Waals surface area contributed by atoms with Crippen LogP contribution in [0.1, 0.15) is 0 Å². The van der Waals surface area contributed by atoms with Gasteiger partial charge in [0.05, 0.1) is 0 Å². The summed E-state index contributed by atoms with van der Waals surface area (Å²) in [6.45, 7) is 2.10. The Labute approximate surface area is 151 Å². The maximum Gasteiger partial charge on any atom is 0.488 e. The van der Waals surface area contributed by atoms with Crippen LogP contribution in [0.4, 0.5) is 0 Å².